The van der Waals surface area contributed by atoms with Gasteiger partial charge in [-0.25, -0.2) is 4.98 Å². The van der Waals surface area contributed by atoms with Crippen molar-refractivity contribution < 1.29 is 4.74 Å². The number of rotatable bonds is 5. The van der Waals surface area contributed by atoms with Crippen LogP contribution in [0.4, 0.5) is 0 Å². The van der Waals surface area contributed by atoms with Crippen LogP contribution in [0.5, 0.6) is 5.75 Å². The maximum absolute atomic E-state index is 6.00. The molecule has 2 N–H and O–H groups in total. The highest BCUT2D eigenvalue weighted by atomic mass is 16.5. The van der Waals surface area contributed by atoms with Crippen molar-refractivity contribution in [3.8, 4) is 5.75 Å². The van der Waals surface area contributed by atoms with Gasteiger partial charge in [0.2, 0.25) is 0 Å². The molecule has 112 valence electrons. The molecule has 0 spiro atoms. The Balaban J connectivity index is 1.70. The number of nitrogens with two attached hydrogens (primary N) is 1. The summed E-state index contributed by atoms with van der Waals surface area (Å²) < 4.78 is 7.91. The molecule has 4 heteroatoms. The quantitative estimate of drug-likeness (QED) is 0.919. The SMILES string of the molecule is CCC(N)Cc1cn(CC2CCOc3ccccc32)cn1. The molecule has 0 saturated carbocycles. The number of hydrogen-bond donors (Lipinski definition) is 1. The maximum atomic E-state index is 6.00. The Labute approximate surface area is 125 Å². The van der Waals surface area contributed by atoms with Gasteiger partial charge in [-0.1, -0.05) is 25.1 Å². The van der Waals surface area contributed by atoms with Gasteiger partial charge in [0.25, 0.3) is 0 Å². The standard InChI is InChI=1S/C17H23N3O/c1-2-14(18)9-15-11-20(12-19-15)10-13-7-8-21-17-6-4-3-5-16(13)17/h3-6,11-14H,2,7-10,18H2,1H3. The third-order valence-corrected chi connectivity index (χ3v) is 4.20. The first-order chi connectivity index (χ1) is 10.3. The molecular formula is C17H23N3O. The second-order valence-corrected chi connectivity index (χ2v) is 5.81. The first-order valence-electron chi connectivity index (χ1n) is 7.74. The van der Waals surface area contributed by atoms with Crippen molar-refractivity contribution in [2.75, 3.05) is 6.61 Å². The molecule has 4 nitrogen and oxygen atoms in total. The van der Waals surface area contributed by atoms with Crippen molar-refractivity contribution in [3.63, 3.8) is 0 Å². The predicted octanol–water partition coefficient (Wildman–Crippen LogP) is 2.73. The molecule has 1 aliphatic heterocycles. The van der Waals surface area contributed by atoms with Crippen LogP contribution in [0.2, 0.25) is 0 Å². The Morgan fingerprint density at radius 2 is 2.29 bits per heavy atom. The van der Waals surface area contributed by atoms with E-state index in [0.29, 0.717) is 5.92 Å². The topological polar surface area (TPSA) is 53.1 Å². The minimum Gasteiger partial charge on any atom is -0.493 e. The lowest BCUT2D eigenvalue weighted by Crippen LogP contribution is -2.21. The van der Waals surface area contributed by atoms with Gasteiger partial charge in [-0.3, -0.25) is 0 Å². The highest BCUT2D eigenvalue weighted by Gasteiger charge is 2.21. The zero-order chi connectivity index (χ0) is 14.7. The van der Waals surface area contributed by atoms with Crippen molar-refractivity contribution >= 4 is 0 Å². The largest absolute Gasteiger partial charge is 0.493 e. The molecule has 0 fully saturated rings. The maximum Gasteiger partial charge on any atom is 0.122 e. The van der Waals surface area contributed by atoms with Gasteiger partial charge in [-0.15, -0.1) is 0 Å². The second-order valence-electron chi connectivity index (χ2n) is 5.81. The lowest BCUT2D eigenvalue weighted by atomic mass is 9.93. The van der Waals surface area contributed by atoms with E-state index >= 15 is 0 Å². The van der Waals surface area contributed by atoms with E-state index in [9.17, 15) is 0 Å². The Hall–Kier alpha value is -1.81. The van der Waals surface area contributed by atoms with Crippen LogP contribution in [0.1, 0.15) is 36.9 Å². The number of para-hydroxylation sites is 1. The van der Waals surface area contributed by atoms with E-state index in [1.807, 2.05) is 12.4 Å². The molecule has 2 atom stereocenters. The highest BCUT2D eigenvalue weighted by Crippen LogP contribution is 2.34. The monoisotopic (exact) mass is 285 g/mol. The van der Waals surface area contributed by atoms with Gasteiger partial charge < -0.3 is 15.0 Å². The van der Waals surface area contributed by atoms with Gasteiger partial charge in [0.1, 0.15) is 5.75 Å². The molecule has 0 aliphatic carbocycles. The highest BCUT2D eigenvalue weighted by molar-refractivity contribution is 5.37. The molecule has 1 aromatic carbocycles. The van der Waals surface area contributed by atoms with Crippen molar-refractivity contribution in [3.05, 3.63) is 48.0 Å². The summed E-state index contributed by atoms with van der Waals surface area (Å²) in [5, 5.41) is 0. The van der Waals surface area contributed by atoms with Gasteiger partial charge in [0, 0.05) is 31.1 Å². The summed E-state index contributed by atoms with van der Waals surface area (Å²) in [4.78, 5) is 4.48. The van der Waals surface area contributed by atoms with E-state index in [0.717, 1.165) is 43.9 Å². The first-order valence-corrected chi connectivity index (χ1v) is 7.74. The molecule has 3 rings (SSSR count). The molecule has 2 unspecified atom stereocenters. The molecule has 0 amide bonds. The van der Waals surface area contributed by atoms with Crippen LogP contribution in [0.25, 0.3) is 0 Å². The predicted molar refractivity (Wildman–Crippen MR) is 83.5 cm³/mol. The molecule has 2 heterocycles. The Bertz CT molecular complexity index is 593. The number of benzene rings is 1. The van der Waals surface area contributed by atoms with Crippen molar-refractivity contribution in [1.82, 2.24) is 9.55 Å². The third kappa shape index (κ3) is 3.27. The van der Waals surface area contributed by atoms with Crippen molar-refractivity contribution in [2.45, 2.75) is 44.7 Å². The number of nitrogens with zero attached hydrogens (tertiary/aromatic N) is 2. The lowest BCUT2D eigenvalue weighted by molar-refractivity contribution is 0.259. The fraction of sp³-hybridized carbons (Fsp3) is 0.471. The summed E-state index contributed by atoms with van der Waals surface area (Å²) in [6, 6.07) is 8.55. The molecule has 0 saturated heterocycles. The Morgan fingerprint density at radius 3 is 3.14 bits per heavy atom. The number of fused-ring (bicyclic) bond motifs is 1. The molecule has 21 heavy (non-hydrogen) atoms. The number of imidazole rings is 1. The summed E-state index contributed by atoms with van der Waals surface area (Å²) in [6.07, 6.45) is 6.95. The van der Waals surface area contributed by atoms with Crippen LogP contribution in [0.3, 0.4) is 0 Å². The second kappa shape index (κ2) is 6.31. The summed E-state index contributed by atoms with van der Waals surface area (Å²) in [5.41, 5.74) is 8.39. The Kier molecular flexibility index (Phi) is 4.25. The van der Waals surface area contributed by atoms with Gasteiger partial charge in [-0.05, 0) is 24.5 Å². The minimum atomic E-state index is 0.206. The molecule has 0 radical (unpaired) electrons. The van der Waals surface area contributed by atoms with Gasteiger partial charge in [0.05, 0.1) is 18.6 Å². The van der Waals surface area contributed by atoms with E-state index < -0.39 is 0 Å². The van der Waals surface area contributed by atoms with E-state index in [2.05, 4.69) is 40.9 Å². The molecule has 2 aromatic rings. The average Bonchev–Trinajstić information content (AvgIpc) is 2.94. The molecule has 1 aliphatic rings. The van der Waals surface area contributed by atoms with Crippen LogP contribution >= 0.6 is 0 Å². The molecule has 1 aromatic heterocycles. The molecule has 0 bridgehead atoms. The van der Waals surface area contributed by atoms with E-state index in [4.69, 9.17) is 10.5 Å². The van der Waals surface area contributed by atoms with Crippen LogP contribution in [-0.4, -0.2) is 22.2 Å². The van der Waals surface area contributed by atoms with Crippen molar-refractivity contribution in [1.29, 1.82) is 0 Å². The zero-order valence-electron chi connectivity index (χ0n) is 12.5. The number of aromatic nitrogens is 2. The van der Waals surface area contributed by atoms with Crippen LogP contribution < -0.4 is 10.5 Å². The lowest BCUT2D eigenvalue weighted by Gasteiger charge is -2.26. The van der Waals surface area contributed by atoms with Gasteiger partial charge in [0.15, 0.2) is 0 Å². The summed E-state index contributed by atoms with van der Waals surface area (Å²) >= 11 is 0. The van der Waals surface area contributed by atoms with Crippen LogP contribution in [-0.2, 0) is 13.0 Å². The van der Waals surface area contributed by atoms with E-state index in [1.165, 1.54) is 5.56 Å². The first kappa shape index (κ1) is 14.1. The van der Waals surface area contributed by atoms with Crippen molar-refractivity contribution in [2.24, 2.45) is 5.73 Å². The fourth-order valence-corrected chi connectivity index (χ4v) is 2.88. The van der Waals surface area contributed by atoms with Gasteiger partial charge >= 0.3 is 0 Å². The minimum absolute atomic E-state index is 0.206. The molecular weight excluding hydrogens is 262 g/mol. The summed E-state index contributed by atoms with van der Waals surface area (Å²) in [7, 11) is 0. The summed E-state index contributed by atoms with van der Waals surface area (Å²) in [5.74, 6) is 1.53. The normalized spacial score (nSPS) is 18.9. The fourth-order valence-electron chi connectivity index (χ4n) is 2.88. The average molecular weight is 285 g/mol. The van der Waals surface area contributed by atoms with Crippen LogP contribution in [0.15, 0.2) is 36.8 Å². The third-order valence-electron chi connectivity index (χ3n) is 4.20. The Morgan fingerprint density at radius 1 is 1.43 bits per heavy atom. The smallest absolute Gasteiger partial charge is 0.122 e. The number of ether oxygens (including phenoxy) is 1. The van der Waals surface area contributed by atoms with E-state index in [1.54, 1.807) is 0 Å². The zero-order valence-corrected chi connectivity index (χ0v) is 12.5. The number of hydrogen-bond acceptors (Lipinski definition) is 3. The van der Waals surface area contributed by atoms with Gasteiger partial charge in [-0.2, -0.15) is 0 Å². The summed E-state index contributed by atoms with van der Waals surface area (Å²) in [6.45, 7) is 3.86. The van der Waals surface area contributed by atoms with Crippen LogP contribution in [0, 0.1) is 0 Å². The van der Waals surface area contributed by atoms with E-state index in [-0.39, 0.29) is 6.04 Å².